The van der Waals surface area contributed by atoms with Gasteiger partial charge >= 0.3 is 5.97 Å². The Morgan fingerprint density at radius 2 is 2.27 bits per heavy atom. The summed E-state index contributed by atoms with van der Waals surface area (Å²) in [5, 5.41) is 0. The summed E-state index contributed by atoms with van der Waals surface area (Å²) in [7, 11) is 0. The van der Waals surface area contributed by atoms with E-state index in [0.29, 0.717) is 24.3 Å². The molecule has 0 radical (unpaired) electrons. The molecule has 0 heterocycles. The van der Waals surface area contributed by atoms with Gasteiger partial charge in [0.05, 0.1) is 17.9 Å². The molecule has 0 spiro atoms. The quantitative estimate of drug-likeness (QED) is 0.253. The summed E-state index contributed by atoms with van der Waals surface area (Å²) in [6, 6.07) is 6.91. The fourth-order valence-corrected chi connectivity index (χ4v) is 1.10. The van der Waals surface area contributed by atoms with Gasteiger partial charge in [-0.25, -0.2) is 4.79 Å². The zero-order valence-corrected chi connectivity index (χ0v) is 8.40. The number of hydrogen-bond acceptors (Lipinski definition) is 4. The molecule has 0 saturated carbocycles. The van der Waals surface area contributed by atoms with Crippen molar-refractivity contribution in [1.29, 1.82) is 0 Å². The minimum atomic E-state index is -0.384. The molecule has 4 nitrogen and oxygen atoms in total. The molecule has 0 atom stereocenters. The zero-order valence-electron chi connectivity index (χ0n) is 8.40. The highest BCUT2D eigenvalue weighted by atomic mass is 16.5. The van der Waals surface area contributed by atoms with E-state index >= 15 is 0 Å². The summed E-state index contributed by atoms with van der Waals surface area (Å²) in [4.78, 5) is 11.5. The number of benzene rings is 1. The number of anilines is 1. The van der Waals surface area contributed by atoms with Gasteiger partial charge in [-0.2, -0.15) is 0 Å². The van der Waals surface area contributed by atoms with E-state index in [1.165, 1.54) is 0 Å². The molecule has 1 aromatic rings. The van der Waals surface area contributed by atoms with E-state index in [4.69, 9.17) is 10.6 Å². The standard InChI is InChI=1S/C11H14N2O2/c1-2-3-8-15-11(14)9-6-4-5-7-10(9)13-12/h2,4-7,13H,1,3,8,12H2. The summed E-state index contributed by atoms with van der Waals surface area (Å²) in [5.41, 5.74) is 3.44. The van der Waals surface area contributed by atoms with Crippen LogP contribution in [0.1, 0.15) is 16.8 Å². The maximum Gasteiger partial charge on any atom is 0.340 e. The van der Waals surface area contributed by atoms with Crippen LogP contribution >= 0.6 is 0 Å². The van der Waals surface area contributed by atoms with Gasteiger partial charge in [0.25, 0.3) is 0 Å². The Bertz CT molecular complexity index is 350. The van der Waals surface area contributed by atoms with Crippen molar-refractivity contribution in [3.8, 4) is 0 Å². The van der Waals surface area contributed by atoms with Crippen molar-refractivity contribution in [3.05, 3.63) is 42.5 Å². The number of carbonyl (C=O) groups is 1. The number of ether oxygens (including phenoxy) is 1. The van der Waals surface area contributed by atoms with Crippen LogP contribution < -0.4 is 11.3 Å². The first-order valence-corrected chi connectivity index (χ1v) is 4.63. The number of nitrogens with two attached hydrogens (primary N) is 1. The fraction of sp³-hybridized carbons (Fsp3) is 0.182. The Kier molecular flexibility index (Phi) is 4.37. The minimum Gasteiger partial charge on any atom is -0.462 e. The lowest BCUT2D eigenvalue weighted by Gasteiger charge is -2.07. The van der Waals surface area contributed by atoms with E-state index in [2.05, 4.69) is 12.0 Å². The fourth-order valence-electron chi connectivity index (χ4n) is 1.10. The highest BCUT2D eigenvalue weighted by Gasteiger charge is 2.10. The average Bonchev–Trinajstić information content (AvgIpc) is 2.29. The summed E-state index contributed by atoms with van der Waals surface area (Å²) >= 11 is 0. The van der Waals surface area contributed by atoms with Crippen molar-refractivity contribution in [1.82, 2.24) is 0 Å². The normalized spacial score (nSPS) is 9.40. The van der Waals surface area contributed by atoms with Crippen molar-refractivity contribution in [2.24, 2.45) is 5.84 Å². The number of hydrazine groups is 1. The number of carbonyl (C=O) groups excluding carboxylic acids is 1. The number of esters is 1. The first kappa shape index (κ1) is 11.3. The molecule has 0 amide bonds. The van der Waals surface area contributed by atoms with Crippen LogP contribution in [-0.2, 0) is 4.74 Å². The van der Waals surface area contributed by atoms with Gasteiger partial charge < -0.3 is 10.2 Å². The van der Waals surface area contributed by atoms with E-state index < -0.39 is 0 Å². The lowest BCUT2D eigenvalue weighted by Crippen LogP contribution is -2.13. The van der Waals surface area contributed by atoms with Crippen molar-refractivity contribution >= 4 is 11.7 Å². The van der Waals surface area contributed by atoms with E-state index in [1.807, 2.05) is 0 Å². The van der Waals surface area contributed by atoms with Crippen LogP contribution in [0.4, 0.5) is 5.69 Å². The molecule has 1 rings (SSSR count). The highest BCUT2D eigenvalue weighted by Crippen LogP contribution is 2.14. The van der Waals surface area contributed by atoms with Gasteiger partial charge in [0.15, 0.2) is 0 Å². The molecule has 80 valence electrons. The molecule has 0 aliphatic heterocycles. The number of hydrogen-bond donors (Lipinski definition) is 2. The Morgan fingerprint density at radius 3 is 2.93 bits per heavy atom. The van der Waals surface area contributed by atoms with Gasteiger partial charge in [-0.15, -0.1) is 6.58 Å². The molecule has 0 unspecified atom stereocenters. The zero-order chi connectivity index (χ0) is 11.1. The van der Waals surface area contributed by atoms with Crippen LogP contribution in [0.3, 0.4) is 0 Å². The third-order valence-corrected chi connectivity index (χ3v) is 1.86. The maximum atomic E-state index is 11.5. The van der Waals surface area contributed by atoms with E-state index in [1.54, 1.807) is 30.3 Å². The predicted molar refractivity (Wildman–Crippen MR) is 59.3 cm³/mol. The predicted octanol–water partition coefficient (Wildman–Crippen LogP) is 1.71. The SMILES string of the molecule is C=CCCOC(=O)c1ccccc1NN. The lowest BCUT2D eigenvalue weighted by atomic mass is 10.2. The molecule has 0 fully saturated rings. The van der Waals surface area contributed by atoms with Crippen LogP contribution in [0.15, 0.2) is 36.9 Å². The van der Waals surface area contributed by atoms with Crippen molar-refractivity contribution in [2.75, 3.05) is 12.0 Å². The second kappa shape index (κ2) is 5.82. The minimum absolute atomic E-state index is 0.335. The average molecular weight is 206 g/mol. The van der Waals surface area contributed by atoms with E-state index in [-0.39, 0.29) is 5.97 Å². The Hall–Kier alpha value is -1.81. The van der Waals surface area contributed by atoms with Crippen LogP contribution in [0.2, 0.25) is 0 Å². The molecular weight excluding hydrogens is 192 g/mol. The Balaban J connectivity index is 2.68. The molecular formula is C11H14N2O2. The number of nitrogens with one attached hydrogen (secondary N) is 1. The molecule has 4 heteroatoms. The third-order valence-electron chi connectivity index (χ3n) is 1.86. The maximum absolute atomic E-state index is 11.5. The van der Waals surface area contributed by atoms with Crippen molar-refractivity contribution in [3.63, 3.8) is 0 Å². The van der Waals surface area contributed by atoms with Crippen LogP contribution in [0.5, 0.6) is 0 Å². The first-order valence-electron chi connectivity index (χ1n) is 4.63. The van der Waals surface area contributed by atoms with Gasteiger partial charge in [-0.3, -0.25) is 5.84 Å². The van der Waals surface area contributed by atoms with Crippen LogP contribution in [-0.4, -0.2) is 12.6 Å². The monoisotopic (exact) mass is 206 g/mol. The number of nitrogen functional groups attached to an aromatic ring is 1. The largest absolute Gasteiger partial charge is 0.462 e. The van der Waals surface area contributed by atoms with Crippen molar-refractivity contribution in [2.45, 2.75) is 6.42 Å². The highest BCUT2D eigenvalue weighted by molar-refractivity contribution is 5.95. The van der Waals surface area contributed by atoms with Gasteiger partial charge in [-0.1, -0.05) is 18.2 Å². The molecule has 0 aromatic heterocycles. The molecule has 15 heavy (non-hydrogen) atoms. The Morgan fingerprint density at radius 1 is 1.53 bits per heavy atom. The second-order valence-electron chi connectivity index (χ2n) is 2.90. The topological polar surface area (TPSA) is 64.3 Å². The van der Waals surface area contributed by atoms with Crippen LogP contribution in [0.25, 0.3) is 0 Å². The molecule has 0 bridgehead atoms. The molecule has 3 N–H and O–H groups in total. The summed E-state index contributed by atoms with van der Waals surface area (Å²) < 4.78 is 5.01. The molecule has 0 saturated heterocycles. The number of para-hydroxylation sites is 1. The summed E-state index contributed by atoms with van der Waals surface area (Å²) in [6.07, 6.45) is 2.34. The van der Waals surface area contributed by atoms with Gasteiger partial charge in [-0.05, 0) is 18.6 Å². The van der Waals surface area contributed by atoms with Crippen molar-refractivity contribution < 1.29 is 9.53 Å². The van der Waals surface area contributed by atoms with Crippen LogP contribution in [0, 0.1) is 0 Å². The second-order valence-corrected chi connectivity index (χ2v) is 2.90. The summed E-state index contributed by atoms with van der Waals surface area (Å²) in [6.45, 7) is 3.87. The summed E-state index contributed by atoms with van der Waals surface area (Å²) in [5.74, 6) is 4.89. The molecule has 0 aliphatic rings. The molecule has 1 aromatic carbocycles. The molecule has 0 aliphatic carbocycles. The van der Waals surface area contributed by atoms with Gasteiger partial charge in [0.2, 0.25) is 0 Å². The third kappa shape index (κ3) is 3.11. The van der Waals surface area contributed by atoms with E-state index in [0.717, 1.165) is 0 Å². The lowest BCUT2D eigenvalue weighted by molar-refractivity contribution is 0.0513. The number of rotatable bonds is 5. The first-order chi connectivity index (χ1) is 7.29. The smallest absolute Gasteiger partial charge is 0.340 e. The van der Waals surface area contributed by atoms with E-state index in [9.17, 15) is 4.79 Å². The van der Waals surface area contributed by atoms with Gasteiger partial charge in [0, 0.05) is 0 Å². The Labute approximate surface area is 88.7 Å². The van der Waals surface area contributed by atoms with Gasteiger partial charge in [0.1, 0.15) is 0 Å².